The SMILES string of the molecule is O=C(Cc1ccc(F)cc1)N1CCC[C@H]1c1ccc(Cl)cc1. The van der Waals surface area contributed by atoms with Crippen LogP contribution in [-0.2, 0) is 11.2 Å². The smallest absolute Gasteiger partial charge is 0.227 e. The van der Waals surface area contributed by atoms with E-state index in [1.54, 1.807) is 12.1 Å². The Morgan fingerprint density at radius 1 is 1.14 bits per heavy atom. The van der Waals surface area contributed by atoms with Gasteiger partial charge in [-0.15, -0.1) is 0 Å². The van der Waals surface area contributed by atoms with E-state index in [9.17, 15) is 9.18 Å². The fraction of sp³-hybridized carbons (Fsp3) is 0.278. The van der Waals surface area contributed by atoms with E-state index in [2.05, 4.69) is 0 Å². The summed E-state index contributed by atoms with van der Waals surface area (Å²) in [7, 11) is 0. The third kappa shape index (κ3) is 3.30. The van der Waals surface area contributed by atoms with Gasteiger partial charge in [0.1, 0.15) is 5.82 Å². The molecule has 1 amide bonds. The predicted molar refractivity (Wildman–Crippen MR) is 85.2 cm³/mol. The van der Waals surface area contributed by atoms with Crippen LogP contribution in [0.1, 0.15) is 30.0 Å². The molecule has 0 saturated carbocycles. The topological polar surface area (TPSA) is 20.3 Å². The maximum absolute atomic E-state index is 12.9. The first-order valence-corrected chi connectivity index (χ1v) is 7.80. The number of carbonyl (C=O) groups is 1. The molecule has 0 bridgehead atoms. The van der Waals surface area contributed by atoms with Crippen LogP contribution in [0.15, 0.2) is 48.5 Å². The van der Waals surface area contributed by atoms with Gasteiger partial charge < -0.3 is 4.90 Å². The maximum atomic E-state index is 12.9. The predicted octanol–water partition coefficient (Wildman–Crippen LogP) is 4.39. The molecule has 2 aromatic carbocycles. The lowest BCUT2D eigenvalue weighted by Crippen LogP contribution is -2.31. The zero-order valence-electron chi connectivity index (χ0n) is 12.1. The van der Waals surface area contributed by atoms with Crippen LogP contribution < -0.4 is 0 Å². The lowest BCUT2D eigenvalue weighted by molar-refractivity contribution is -0.131. The molecule has 1 atom stereocenters. The zero-order chi connectivity index (χ0) is 15.5. The van der Waals surface area contributed by atoms with Crippen LogP contribution in [0.4, 0.5) is 4.39 Å². The van der Waals surface area contributed by atoms with Crippen LogP contribution >= 0.6 is 11.6 Å². The summed E-state index contributed by atoms with van der Waals surface area (Å²) in [4.78, 5) is 14.5. The van der Waals surface area contributed by atoms with Gasteiger partial charge in [-0.1, -0.05) is 35.9 Å². The molecule has 114 valence electrons. The van der Waals surface area contributed by atoms with Crippen molar-refractivity contribution < 1.29 is 9.18 Å². The first-order chi connectivity index (χ1) is 10.6. The Balaban J connectivity index is 1.73. The first-order valence-electron chi connectivity index (χ1n) is 7.43. The molecule has 0 aromatic heterocycles. The van der Waals surface area contributed by atoms with Gasteiger partial charge in [0.05, 0.1) is 12.5 Å². The Morgan fingerprint density at radius 2 is 1.82 bits per heavy atom. The average molecular weight is 318 g/mol. The molecule has 1 aliphatic rings. The molecule has 22 heavy (non-hydrogen) atoms. The fourth-order valence-corrected chi connectivity index (χ4v) is 3.10. The minimum atomic E-state index is -0.281. The monoisotopic (exact) mass is 317 g/mol. The fourth-order valence-electron chi connectivity index (χ4n) is 2.98. The molecule has 3 rings (SSSR count). The van der Waals surface area contributed by atoms with E-state index < -0.39 is 0 Å². The highest BCUT2D eigenvalue weighted by molar-refractivity contribution is 6.30. The Hall–Kier alpha value is -1.87. The molecule has 1 heterocycles. The number of nitrogens with zero attached hydrogens (tertiary/aromatic N) is 1. The maximum Gasteiger partial charge on any atom is 0.227 e. The van der Waals surface area contributed by atoms with E-state index in [-0.39, 0.29) is 17.8 Å². The number of rotatable bonds is 3. The van der Waals surface area contributed by atoms with Crippen LogP contribution in [0.2, 0.25) is 5.02 Å². The number of carbonyl (C=O) groups excluding carboxylic acids is 1. The Morgan fingerprint density at radius 3 is 2.50 bits per heavy atom. The number of hydrogen-bond donors (Lipinski definition) is 0. The van der Waals surface area contributed by atoms with Gasteiger partial charge in [-0.25, -0.2) is 4.39 Å². The Labute approximate surface area is 134 Å². The van der Waals surface area contributed by atoms with E-state index in [0.29, 0.717) is 11.4 Å². The molecular formula is C18H17ClFNO. The summed E-state index contributed by atoms with van der Waals surface area (Å²) in [6, 6.07) is 13.9. The lowest BCUT2D eigenvalue weighted by Gasteiger charge is -2.25. The van der Waals surface area contributed by atoms with Crippen LogP contribution in [0.3, 0.4) is 0 Å². The van der Waals surface area contributed by atoms with Gasteiger partial charge >= 0.3 is 0 Å². The Kier molecular flexibility index (Phi) is 4.44. The number of halogens is 2. The molecule has 1 aliphatic heterocycles. The minimum Gasteiger partial charge on any atom is -0.335 e. The molecule has 0 unspecified atom stereocenters. The molecule has 4 heteroatoms. The van der Waals surface area contributed by atoms with E-state index in [4.69, 9.17) is 11.6 Å². The van der Waals surface area contributed by atoms with Gasteiger partial charge in [0, 0.05) is 11.6 Å². The van der Waals surface area contributed by atoms with E-state index in [1.165, 1.54) is 12.1 Å². The normalized spacial score (nSPS) is 17.7. The van der Waals surface area contributed by atoms with Crippen molar-refractivity contribution in [1.29, 1.82) is 0 Å². The molecule has 1 fully saturated rings. The van der Waals surface area contributed by atoms with Crippen molar-refractivity contribution in [3.63, 3.8) is 0 Å². The van der Waals surface area contributed by atoms with E-state index in [1.807, 2.05) is 29.2 Å². The van der Waals surface area contributed by atoms with Crippen LogP contribution in [-0.4, -0.2) is 17.4 Å². The van der Waals surface area contributed by atoms with Gasteiger partial charge in [-0.05, 0) is 48.2 Å². The summed E-state index contributed by atoms with van der Waals surface area (Å²) in [5.41, 5.74) is 1.96. The standard InChI is InChI=1S/C18H17ClFNO/c19-15-7-5-14(6-8-15)17-2-1-11-21(17)18(22)12-13-3-9-16(20)10-4-13/h3-10,17H,1-2,11-12H2/t17-/m0/s1. The second-order valence-electron chi connectivity index (χ2n) is 5.60. The van der Waals surface area contributed by atoms with Crippen molar-refractivity contribution in [2.45, 2.75) is 25.3 Å². The van der Waals surface area contributed by atoms with Crippen molar-refractivity contribution in [2.24, 2.45) is 0 Å². The summed E-state index contributed by atoms with van der Waals surface area (Å²) >= 11 is 5.93. The zero-order valence-corrected chi connectivity index (χ0v) is 12.9. The highest BCUT2D eigenvalue weighted by atomic mass is 35.5. The summed E-state index contributed by atoms with van der Waals surface area (Å²) in [6.07, 6.45) is 2.28. The van der Waals surface area contributed by atoms with Crippen molar-refractivity contribution >= 4 is 17.5 Å². The number of amides is 1. The molecule has 2 aromatic rings. The summed E-state index contributed by atoms with van der Waals surface area (Å²) < 4.78 is 12.9. The van der Waals surface area contributed by atoms with E-state index in [0.717, 1.165) is 30.5 Å². The molecular weight excluding hydrogens is 301 g/mol. The average Bonchev–Trinajstić information content (AvgIpc) is 3.00. The minimum absolute atomic E-state index is 0.0871. The summed E-state index contributed by atoms with van der Waals surface area (Å²) in [6.45, 7) is 0.771. The largest absolute Gasteiger partial charge is 0.335 e. The Bertz CT molecular complexity index is 654. The second kappa shape index (κ2) is 6.49. The van der Waals surface area contributed by atoms with Gasteiger partial charge in [-0.3, -0.25) is 4.79 Å². The molecule has 0 radical (unpaired) electrons. The second-order valence-corrected chi connectivity index (χ2v) is 6.04. The highest BCUT2D eigenvalue weighted by Gasteiger charge is 2.29. The van der Waals surface area contributed by atoms with Gasteiger partial charge in [0.25, 0.3) is 0 Å². The third-order valence-electron chi connectivity index (χ3n) is 4.10. The number of benzene rings is 2. The van der Waals surface area contributed by atoms with Gasteiger partial charge in [-0.2, -0.15) is 0 Å². The van der Waals surface area contributed by atoms with Crippen LogP contribution in [0.25, 0.3) is 0 Å². The molecule has 0 N–H and O–H groups in total. The first kappa shape index (κ1) is 15.0. The number of likely N-dealkylation sites (tertiary alicyclic amines) is 1. The lowest BCUT2D eigenvalue weighted by atomic mass is 10.0. The summed E-state index contributed by atoms with van der Waals surface area (Å²) in [5.74, 6) is -0.194. The van der Waals surface area contributed by atoms with Crippen molar-refractivity contribution in [2.75, 3.05) is 6.54 Å². The molecule has 1 saturated heterocycles. The highest BCUT2D eigenvalue weighted by Crippen LogP contribution is 2.32. The van der Waals surface area contributed by atoms with Crippen molar-refractivity contribution in [3.05, 3.63) is 70.5 Å². The van der Waals surface area contributed by atoms with Crippen molar-refractivity contribution in [3.8, 4) is 0 Å². The van der Waals surface area contributed by atoms with E-state index >= 15 is 0 Å². The number of hydrogen-bond acceptors (Lipinski definition) is 1. The summed E-state index contributed by atoms with van der Waals surface area (Å²) in [5, 5.41) is 0.700. The van der Waals surface area contributed by atoms with Crippen molar-refractivity contribution in [1.82, 2.24) is 4.90 Å². The third-order valence-corrected chi connectivity index (χ3v) is 4.35. The quantitative estimate of drug-likeness (QED) is 0.822. The molecule has 0 aliphatic carbocycles. The molecule has 0 spiro atoms. The van der Waals surface area contributed by atoms with Gasteiger partial charge in [0.2, 0.25) is 5.91 Å². The van der Waals surface area contributed by atoms with Crippen LogP contribution in [0, 0.1) is 5.82 Å². The van der Waals surface area contributed by atoms with Gasteiger partial charge in [0.15, 0.2) is 0 Å². The molecule has 2 nitrogen and oxygen atoms in total. The van der Waals surface area contributed by atoms with Crippen LogP contribution in [0.5, 0.6) is 0 Å².